The topological polar surface area (TPSA) is 64.5 Å². The molecule has 1 aromatic heterocycles. The molecule has 0 radical (unpaired) electrons. The smallest absolute Gasteiger partial charge is 0.150 e. The number of anilines is 1. The number of hydrogen-bond acceptors (Lipinski definition) is 3. The average Bonchev–Trinajstić information content (AvgIpc) is 2.95. The van der Waals surface area contributed by atoms with Crippen molar-refractivity contribution in [1.82, 2.24) is 9.97 Å². The Hall–Kier alpha value is -2.77. The second-order valence-corrected chi connectivity index (χ2v) is 5.29. The Labute approximate surface area is 133 Å². The van der Waals surface area contributed by atoms with Crippen molar-refractivity contribution in [3.8, 4) is 6.07 Å². The molecular formula is C17H13ClN4. The lowest BCUT2D eigenvalue weighted by Crippen LogP contribution is -1.93. The van der Waals surface area contributed by atoms with E-state index in [1.54, 1.807) is 6.20 Å². The minimum Gasteiger partial charge on any atom is -0.360 e. The van der Waals surface area contributed by atoms with E-state index >= 15 is 0 Å². The molecular weight excluding hydrogens is 296 g/mol. The Morgan fingerprint density at radius 3 is 2.86 bits per heavy atom. The van der Waals surface area contributed by atoms with Crippen molar-refractivity contribution in [2.24, 2.45) is 0 Å². The molecule has 0 aliphatic rings. The molecule has 0 fully saturated rings. The minimum atomic E-state index is 0.424. The quantitative estimate of drug-likeness (QED) is 0.700. The van der Waals surface area contributed by atoms with Crippen LogP contribution in [0.2, 0.25) is 5.02 Å². The number of nitrogens with zero attached hydrogens (tertiary/aromatic N) is 2. The molecule has 0 spiro atoms. The van der Waals surface area contributed by atoms with Gasteiger partial charge in [-0.05, 0) is 36.8 Å². The minimum absolute atomic E-state index is 0.424. The molecule has 2 aromatic carbocycles. The molecule has 0 amide bonds. The summed E-state index contributed by atoms with van der Waals surface area (Å²) in [6.45, 7) is 1.94. The maximum atomic E-state index is 9.34. The summed E-state index contributed by atoms with van der Waals surface area (Å²) in [7, 11) is 0. The number of aromatic nitrogens is 2. The van der Waals surface area contributed by atoms with E-state index in [-0.39, 0.29) is 0 Å². The molecule has 2 N–H and O–H groups in total. The normalized spacial score (nSPS) is 11.4. The number of aryl methyl sites for hydroxylation is 1. The fourth-order valence-electron chi connectivity index (χ4n) is 2.07. The number of nitriles is 1. The number of halogens is 1. The van der Waals surface area contributed by atoms with Crippen LogP contribution in [-0.2, 0) is 0 Å². The van der Waals surface area contributed by atoms with Crippen molar-refractivity contribution < 1.29 is 0 Å². The van der Waals surface area contributed by atoms with Crippen LogP contribution in [0.3, 0.4) is 0 Å². The summed E-state index contributed by atoms with van der Waals surface area (Å²) in [6, 6.07) is 15.5. The van der Waals surface area contributed by atoms with Crippen LogP contribution < -0.4 is 5.32 Å². The van der Waals surface area contributed by atoms with Gasteiger partial charge in [0.05, 0.1) is 11.0 Å². The van der Waals surface area contributed by atoms with Gasteiger partial charge in [-0.15, -0.1) is 0 Å². The third kappa shape index (κ3) is 2.80. The number of para-hydroxylation sites is 2. The summed E-state index contributed by atoms with van der Waals surface area (Å²) in [5.41, 5.74) is 3.98. The number of imidazole rings is 1. The van der Waals surface area contributed by atoms with E-state index in [0.29, 0.717) is 16.4 Å². The van der Waals surface area contributed by atoms with Gasteiger partial charge in [0, 0.05) is 16.9 Å². The number of fused-ring (bicyclic) bond motifs is 1. The number of allylic oxidation sites excluding steroid dienone is 1. The van der Waals surface area contributed by atoms with Crippen LogP contribution in [0.25, 0.3) is 16.6 Å². The van der Waals surface area contributed by atoms with E-state index in [4.69, 9.17) is 11.6 Å². The number of aromatic amines is 1. The lowest BCUT2D eigenvalue weighted by molar-refractivity contribution is 1.27. The van der Waals surface area contributed by atoms with Gasteiger partial charge in [0.25, 0.3) is 0 Å². The van der Waals surface area contributed by atoms with Crippen molar-refractivity contribution >= 4 is 33.9 Å². The number of rotatable bonds is 3. The number of H-pyrrole nitrogens is 1. The summed E-state index contributed by atoms with van der Waals surface area (Å²) >= 11 is 6.09. The van der Waals surface area contributed by atoms with Gasteiger partial charge in [-0.25, -0.2) is 4.98 Å². The van der Waals surface area contributed by atoms with Crippen LogP contribution >= 0.6 is 11.6 Å². The number of nitrogens with one attached hydrogen (secondary N) is 2. The van der Waals surface area contributed by atoms with E-state index in [9.17, 15) is 5.26 Å². The summed E-state index contributed by atoms with van der Waals surface area (Å²) in [4.78, 5) is 7.55. The van der Waals surface area contributed by atoms with Crippen LogP contribution in [0.15, 0.2) is 48.7 Å². The maximum Gasteiger partial charge on any atom is 0.150 e. The van der Waals surface area contributed by atoms with Crippen molar-refractivity contribution in [1.29, 1.82) is 5.26 Å². The van der Waals surface area contributed by atoms with Crippen molar-refractivity contribution in [3.05, 3.63) is 65.1 Å². The van der Waals surface area contributed by atoms with Gasteiger partial charge in [0.2, 0.25) is 0 Å². The van der Waals surface area contributed by atoms with E-state index in [2.05, 4.69) is 21.4 Å². The summed E-state index contributed by atoms with van der Waals surface area (Å²) in [5.74, 6) is 0.536. The molecule has 3 aromatic rings. The first-order chi connectivity index (χ1) is 10.7. The molecule has 0 bridgehead atoms. The molecule has 0 unspecified atom stereocenters. The first-order valence-corrected chi connectivity index (χ1v) is 7.13. The highest BCUT2D eigenvalue weighted by Gasteiger charge is 2.07. The summed E-state index contributed by atoms with van der Waals surface area (Å²) < 4.78 is 0. The fraction of sp³-hybridized carbons (Fsp3) is 0.0588. The molecule has 22 heavy (non-hydrogen) atoms. The Morgan fingerprint density at radius 2 is 2.14 bits per heavy atom. The number of hydrogen-bond donors (Lipinski definition) is 2. The van der Waals surface area contributed by atoms with Crippen molar-refractivity contribution in [2.75, 3.05) is 5.32 Å². The lowest BCUT2D eigenvalue weighted by atomic mass is 10.2. The fourth-order valence-corrected chi connectivity index (χ4v) is 2.25. The summed E-state index contributed by atoms with van der Waals surface area (Å²) in [6.07, 6.45) is 1.62. The molecule has 108 valence electrons. The highest BCUT2D eigenvalue weighted by Crippen LogP contribution is 2.21. The second kappa shape index (κ2) is 5.92. The molecule has 4 nitrogen and oxygen atoms in total. The van der Waals surface area contributed by atoms with Gasteiger partial charge in [-0.1, -0.05) is 29.8 Å². The Bertz CT molecular complexity index is 869. The molecule has 5 heteroatoms. The van der Waals surface area contributed by atoms with Gasteiger partial charge in [0.15, 0.2) is 5.82 Å². The van der Waals surface area contributed by atoms with E-state index < -0.39 is 0 Å². The Balaban J connectivity index is 1.90. The predicted molar refractivity (Wildman–Crippen MR) is 89.5 cm³/mol. The highest BCUT2D eigenvalue weighted by molar-refractivity contribution is 6.31. The lowest BCUT2D eigenvalue weighted by Gasteiger charge is -2.04. The molecule has 0 atom stereocenters. The predicted octanol–water partition coefficient (Wildman–Crippen LogP) is 4.50. The maximum absolute atomic E-state index is 9.34. The Kier molecular flexibility index (Phi) is 3.82. The largest absolute Gasteiger partial charge is 0.360 e. The average molecular weight is 309 g/mol. The van der Waals surface area contributed by atoms with Crippen LogP contribution in [-0.4, -0.2) is 9.97 Å². The molecule has 1 heterocycles. The Morgan fingerprint density at radius 1 is 1.32 bits per heavy atom. The molecule has 0 saturated heterocycles. The van der Waals surface area contributed by atoms with Gasteiger partial charge in [-0.3, -0.25) is 0 Å². The standard InChI is InChI=1S/C17H13ClN4/c1-11-6-7-13(8-14(11)18)20-10-12(9-19)17-21-15-4-2-3-5-16(15)22-17/h2-8,10,20H,1H3,(H,21,22). The zero-order valence-corrected chi connectivity index (χ0v) is 12.6. The van der Waals surface area contributed by atoms with Gasteiger partial charge >= 0.3 is 0 Å². The molecule has 0 aliphatic carbocycles. The molecule has 3 rings (SSSR count). The SMILES string of the molecule is Cc1ccc(NC=C(C#N)c2nc3ccccc3[nH]2)cc1Cl. The van der Waals surface area contributed by atoms with Crippen molar-refractivity contribution in [2.45, 2.75) is 6.92 Å². The van der Waals surface area contributed by atoms with Gasteiger partial charge in [-0.2, -0.15) is 5.26 Å². The van der Waals surface area contributed by atoms with Gasteiger partial charge < -0.3 is 10.3 Å². The second-order valence-electron chi connectivity index (χ2n) is 4.88. The van der Waals surface area contributed by atoms with Gasteiger partial charge in [0.1, 0.15) is 11.6 Å². The van der Waals surface area contributed by atoms with E-state index in [1.165, 1.54) is 0 Å². The number of benzene rings is 2. The first-order valence-electron chi connectivity index (χ1n) is 6.75. The van der Waals surface area contributed by atoms with E-state index in [1.807, 2.05) is 49.4 Å². The first kappa shape index (κ1) is 14.2. The molecule has 0 aliphatic heterocycles. The highest BCUT2D eigenvalue weighted by atomic mass is 35.5. The molecule has 0 saturated carbocycles. The van der Waals surface area contributed by atoms with Crippen LogP contribution in [0.4, 0.5) is 5.69 Å². The summed E-state index contributed by atoms with van der Waals surface area (Å²) in [5, 5.41) is 13.1. The third-order valence-electron chi connectivity index (χ3n) is 3.32. The zero-order valence-electron chi connectivity index (χ0n) is 11.9. The monoisotopic (exact) mass is 308 g/mol. The third-order valence-corrected chi connectivity index (χ3v) is 3.73. The van der Waals surface area contributed by atoms with E-state index in [0.717, 1.165) is 22.3 Å². The van der Waals surface area contributed by atoms with Crippen LogP contribution in [0.1, 0.15) is 11.4 Å². The van der Waals surface area contributed by atoms with Crippen LogP contribution in [0, 0.1) is 18.3 Å². The van der Waals surface area contributed by atoms with Crippen molar-refractivity contribution in [3.63, 3.8) is 0 Å². The zero-order chi connectivity index (χ0) is 15.5. The van der Waals surface area contributed by atoms with Crippen LogP contribution in [0.5, 0.6) is 0 Å².